The van der Waals surface area contributed by atoms with Gasteiger partial charge in [0, 0.05) is 18.9 Å². The van der Waals surface area contributed by atoms with Crippen molar-refractivity contribution in [3.63, 3.8) is 0 Å². The van der Waals surface area contributed by atoms with Crippen molar-refractivity contribution in [1.29, 1.82) is 0 Å². The Bertz CT molecular complexity index is 505. The van der Waals surface area contributed by atoms with Gasteiger partial charge in [-0.05, 0) is 12.6 Å². The van der Waals surface area contributed by atoms with Crippen LogP contribution in [0.4, 0.5) is 8.78 Å². The molecular weight excluding hydrogens is 212 g/mol. The fourth-order valence-corrected chi connectivity index (χ4v) is 1.78. The minimum Gasteiger partial charge on any atom is -0.330 e. The van der Waals surface area contributed by atoms with Crippen LogP contribution in [-0.4, -0.2) is 16.3 Å². The summed E-state index contributed by atoms with van der Waals surface area (Å²) >= 11 is 0. The summed E-state index contributed by atoms with van der Waals surface area (Å²) in [6.45, 7) is -0.0576. The van der Waals surface area contributed by atoms with Crippen LogP contribution in [0.15, 0.2) is 24.3 Å². The SMILES string of the molecule is Cn1nc(C(F)(F)CCN)c2ccccc21. The largest absolute Gasteiger partial charge is 0.330 e. The molecule has 0 unspecified atom stereocenters. The summed E-state index contributed by atoms with van der Waals surface area (Å²) in [6, 6.07) is 6.95. The van der Waals surface area contributed by atoms with Gasteiger partial charge in [0.25, 0.3) is 5.92 Å². The van der Waals surface area contributed by atoms with Crippen molar-refractivity contribution in [1.82, 2.24) is 9.78 Å². The Labute approximate surface area is 91.9 Å². The maximum atomic E-state index is 13.7. The fraction of sp³-hybridized carbons (Fsp3) is 0.364. The van der Waals surface area contributed by atoms with Gasteiger partial charge in [-0.3, -0.25) is 4.68 Å². The van der Waals surface area contributed by atoms with Gasteiger partial charge in [0.2, 0.25) is 0 Å². The van der Waals surface area contributed by atoms with Crippen molar-refractivity contribution >= 4 is 10.9 Å². The zero-order chi connectivity index (χ0) is 11.8. The van der Waals surface area contributed by atoms with Crippen molar-refractivity contribution in [3.05, 3.63) is 30.0 Å². The number of para-hydroxylation sites is 1. The van der Waals surface area contributed by atoms with Gasteiger partial charge in [0.05, 0.1) is 5.52 Å². The first kappa shape index (κ1) is 11.0. The molecule has 86 valence electrons. The van der Waals surface area contributed by atoms with E-state index in [0.717, 1.165) is 0 Å². The molecule has 0 atom stereocenters. The van der Waals surface area contributed by atoms with Crippen LogP contribution < -0.4 is 5.73 Å². The highest BCUT2D eigenvalue weighted by molar-refractivity contribution is 5.82. The maximum Gasteiger partial charge on any atom is 0.293 e. The summed E-state index contributed by atoms with van der Waals surface area (Å²) in [4.78, 5) is 0. The normalized spacial score (nSPS) is 12.2. The van der Waals surface area contributed by atoms with Crippen LogP contribution >= 0.6 is 0 Å². The molecule has 0 aliphatic heterocycles. The number of hydrogen-bond donors (Lipinski definition) is 1. The van der Waals surface area contributed by atoms with E-state index >= 15 is 0 Å². The molecule has 1 heterocycles. The number of rotatable bonds is 3. The molecule has 0 radical (unpaired) electrons. The molecule has 2 N–H and O–H groups in total. The highest BCUT2D eigenvalue weighted by atomic mass is 19.3. The monoisotopic (exact) mass is 225 g/mol. The first-order valence-electron chi connectivity index (χ1n) is 5.06. The zero-order valence-electron chi connectivity index (χ0n) is 8.95. The third-order valence-electron chi connectivity index (χ3n) is 2.56. The van der Waals surface area contributed by atoms with Crippen molar-refractivity contribution in [2.45, 2.75) is 12.3 Å². The molecule has 5 heteroatoms. The summed E-state index contributed by atoms with van der Waals surface area (Å²) in [5.41, 5.74) is 5.71. The highest BCUT2D eigenvalue weighted by Crippen LogP contribution is 2.34. The predicted octanol–water partition coefficient (Wildman–Crippen LogP) is 2.01. The number of fused-ring (bicyclic) bond motifs is 1. The molecule has 0 amide bonds. The molecule has 2 aromatic rings. The molecular formula is C11H13F2N3. The van der Waals surface area contributed by atoms with Crippen LogP contribution in [0.3, 0.4) is 0 Å². The lowest BCUT2D eigenvalue weighted by molar-refractivity contribution is -0.0142. The molecule has 3 nitrogen and oxygen atoms in total. The molecule has 0 aliphatic rings. The molecule has 2 rings (SSSR count). The van der Waals surface area contributed by atoms with E-state index in [1.165, 1.54) is 4.68 Å². The topological polar surface area (TPSA) is 43.8 Å². The second kappa shape index (κ2) is 3.83. The number of aromatic nitrogens is 2. The van der Waals surface area contributed by atoms with Crippen LogP contribution in [0, 0.1) is 0 Å². The number of benzene rings is 1. The standard InChI is InChI=1S/C11H13F2N3/c1-16-9-5-3-2-4-8(9)10(15-16)11(12,13)6-7-14/h2-5H,6-7,14H2,1H3. The average molecular weight is 225 g/mol. The highest BCUT2D eigenvalue weighted by Gasteiger charge is 2.35. The van der Waals surface area contributed by atoms with Gasteiger partial charge in [-0.15, -0.1) is 0 Å². The van der Waals surface area contributed by atoms with E-state index in [2.05, 4.69) is 5.10 Å². The van der Waals surface area contributed by atoms with Crippen LogP contribution in [0.5, 0.6) is 0 Å². The fourth-order valence-electron chi connectivity index (χ4n) is 1.78. The van der Waals surface area contributed by atoms with Crippen molar-refractivity contribution in [2.24, 2.45) is 12.8 Å². The molecule has 1 aromatic heterocycles. The predicted molar refractivity (Wildman–Crippen MR) is 58.3 cm³/mol. The smallest absolute Gasteiger partial charge is 0.293 e. The number of alkyl halides is 2. The molecule has 0 spiro atoms. The first-order chi connectivity index (χ1) is 7.56. The second-order valence-corrected chi connectivity index (χ2v) is 3.73. The molecule has 0 bridgehead atoms. The van der Waals surface area contributed by atoms with Crippen LogP contribution in [0.1, 0.15) is 12.1 Å². The lowest BCUT2D eigenvalue weighted by Crippen LogP contribution is -2.19. The number of nitrogens with zero attached hydrogens (tertiary/aromatic N) is 2. The Morgan fingerprint density at radius 3 is 2.75 bits per heavy atom. The van der Waals surface area contributed by atoms with Crippen molar-refractivity contribution in [3.8, 4) is 0 Å². The van der Waals surface area contributed by atoms with E-state index in [4.69, 9.17) is 5.73 Å². The quantitative estimate of drug-likeness (QED) is 0.868. The Morgan fingerprint density at radius 2 is 2.06 bits per heavy atom. The zero-order valence-corrected chi connectivity index (χ0v) is 8.95. The number of hydrogen-bond acceptors (Lipinski definition) is 2. The van der Waals surface area contributed by atoms with Gasteiger partial charge in [0.15, 0.2) is 0 Å². The van der Waals surface area contributed by atoms with Crippen molar-refractivity contribution < 1.29 is 8.78 Å². The molecule has 1 aromatic carbocycles. The molecule has 16 heavy (non-hydrogen) atoms. The first-order valence-corrected chi connectivity index (χ1v) is 5.06. The van der Waals surface area contributed by atoms with E-state index in [-0.39, 0.29) is 18.7 Å². The lowest BCUT2D eigenvalue weighted by atomic mass is 10.1. The summed E-state index contributed by atoms with van der Waals surface area (Å²) < 4.78 is 29.0. The van der Waals surface area contributed by atoms with E-state index in [1.54, 1.807) is 31.3 Å². The lowest BCUT2D eigenvalue weighted by Gasteiger charge is -2.12. The molecule has 0 fully saturated rings. The summed E-state index contributed by atoms with van der Waals surface area (Å²) in [7, 11) is 1.66. The van der Waals surface area contributed by atoms with E-state index in [1.807, 2.05) is 0 Å². The molecule has 0 aliphatic carbocycles. The van der Waals surface area contributed by atoms with Crippen LogP contribution in [0.2, 0.25) is 0 Å². The van der Waals surface area contributed by atoms with Gasteiger partial charge in [-0.1, -0.05) is 18.2 Å². The summed E-state index contributed by atoms with van der Waals surface area (Å²) in [5, 5.41) is 4.38. The van der Waals surface area contributed by atoms with Gasteiger partial charge in [-0.25, -0.2) is 0 Å². The van der Waals surface area contributed by atoms with Gasteiger partial charge < -0.3 is 5.73 Å². The average Bonchev–Trinajstić information content (AvgIpc) is 2.58. The van der Waals surface area contributed by atoms with Gasteiger partial charge in [0.1, 0.15) is 5.69 Å². The van der Waals surface area contributed by atoms with E-state index < -0.39 is 5.92 Å². The van der Waals surface area contributed by atoms with Crippen LogP contribution in [0.25, 0.3) is 10.9 Å². The molecule has 0 saturated carbocycles. The molecule has 0 saturated heterocycles. The maximum absolute atomic E-state index is 13.7. The Morgan fingerprint density at radius 1 is 1.38 bits per heavy atom. The van der Waals surface area contributed by atoms with Crippen molar-refractivity contribution in [2.75, 3.05) is 6.54 Å². The minimum absolute atomic E-state index is 0.0576. The second-order valence-electron chi connectivity index (χ2n) is 3.73. The van der Waals surface area contributed by atoms with E-state index in [0.29, 0.717) is 10.9 Å². The van der Waals surface area contributed by atoms with Gasteiger partial charge in [-0.2, -0.15) is 13.9 Å². The van der Waals surface area contributed by atoms with Gasteiger partial charge >= 0.3 is 0 Å². The Hall–Kier alpha value is -1.49. The third kappa shape index (κ3) is 1.67. The number of halogens is 2. The number of aryl methyl sites for hydroxylation is 1. The Balaban J connectivity index is 2.61. The van der Waals surface area contributed by atoms with E-state index in [9.17, 15) is 8.78 Å². The third-order valence-corrected chi connectivity index (χ3v) is 2.56. The minimum atomic E-state index is -2.96. The number of nitrogens with two attached hydrogens (primary N) is 1. The summed E-state index contributed by atoms with van der Waals surface area (Å²) in [6.07, 6.45) is -0.381. The summed E-state index contributed by atoms with van der Waals surface area (Å²) in [5.74, 6) is -2.96. The Kier molecular flexibility index (Phi) is 2.63. The van der Waals surface area contributed by atoms with Crippen LogP contribution in [-0.2, 0) is 13.0 Å².